The van der Waals surface area contributed by atoms with Crippen LogP contribution in [0.5, 0.6) is 5.75 Å². The molecule has 0 spiro atoms. The van der Waals surface area contributed by atoms with Crippen molar-refractivity contribution in [1.29, 1.82) is 0 Å². The number of hydrogen-bond donors (Lipinski definition) is 2. The minimum absolute atomic E-state index is 0.0245. The lowest BCUT2D eigenvalue weighted by atomic mass is 9.96. The molecule has 1 aliphatic rings. The lowest BCUT2D eigenvalue weighted by Crippen LogP contribution is -2.49. The van der Waals surface area contributed by atoms with Gasteiger partial charge in [0.25, 0.3) is 5.56 Å². The maximum absolute atomic E-state index is 13.8. The number of aryl methyl sites for hydroxylation is 1. The molecular weight excluding hydrogens is 404 g/mol. The second-order valence-corrected chi connectivity index (χ2v) is 8.25. The van der Waals surface area contributed by atoms with Gasteiger partial charge in [0.1, 0.15) is 5.75 Å². The van der Waals surface area contributed by atoms with Crippen LogP contribution in [0.4, 0.5) is 0 Å². The topological polar surface area (TPSA) is 81.8 Å². The van der Waals surface area contributed by atoms with E-state index < -0.39 is 0 Å². The van der Waals surface area contributed by atoms with Gasteiger partial charge in [-0.05, 0) is 36.2 Å². The third kappa shape index (κ3) is 4.75. The van der Waals surface area contributed by atoms with E-state index in [9.17, 15) is 15.0 Å². The Hall–Kier alpha value is -3.00. The molecule has 0 saturated carbocycles. The van der Waals surface area contributed by atoms with E-state index in [0.29, 0.717) is 18.7 Å². The van der Waals surface area contributed by atoms with Crippen LogP contribution >= 0.6 is 0 Å². The Morgan fingerprint density at radius 3 is 2.38 bits per heavy atom. The van der Waals surface area contributed by atoms with Gasteiger partial charge in [-0.15, -0.1) is 0 Å². The molecule has 168 valence electrons. The van der Waals surface area contributed by atoms with Gasteiger partial charge in [-0.2, -0.15) is 0 Å². The molecular formula is C25H30N4O3. The van der Waals surface area contributed by atoms with Crippen LogP contribution in [0.15, 0.2) is 65.7 Å². The first-order valence-corrected chi connectivity index (χ1v) is 11.0. The van der Waals surface area contributed by atoms with Crippen LogP contribution < -0.4 is 5.56 Å². The first-order chi connectivity index (χ1) is 15.6. The Balaban J connectivity index is 1.76. The minimum Gasteiger partial charge on any atom is -0.507 e. The Bertz CT molecular complexity index is 1080. The van der Waals surface area contributed by atoms with Gasteiger partial charge >= 0.3 is 0 Å². The SMILES string of the molecule is Cc1cc(O)c([C@H](c2ccncc2)N2CCN(CCO)CC2)c(=O)n1Cc1ccccc1. The van der Waals surface area contributed by atoms with E-state index in [-0.39, 0.29) is 24.0 Å². The molecule has 0 bridgehead atoms. The van der Waals surface area contributed by atoms with Crippen molar-refractivity contribution in [3.05, 3.63) is 93.7 Å². The first-order valence-electron chi connectivity index (χ1n) is 11.0. The summed E-state index contributed by atoms with van der Waals surface area (Å²) in [4.78, 5) is 22.3. The summed E-state index contributed by atoms with van der Waals surface area (Å²) in [5.74, 6) is 0.0245. The van der Waals surface area contributed by atoms with E-state index in [4.69, 9.17) is 0 Å². The normalized spacial score (nSPS) is 16.2. The first kappa shape index (κ1) is 22.2. The van der Waals surface area contributed by atoms with Crippen LogP contribution in [-0.4, -0.2) is 68.9 Å². The van der Waals surface area contributed by atoms with Gasteiger partial charge in [0, 0.05) is 50.8 Å². The second-order valence-electron chi connectivity index (χ2n) is 8.25. The summed E-state index contributed by atoms with van der Waals surface area (Å²) in [6.07, 6.45) is 3.44. The summed E-state index contributed by atoms with van der Waals surface area (Å²) in [7, 11) is 0. The van der Waals surface area contributed by atoms with Crippen molar-refractivity contribution >= 4 is 0 Å². The van der Waals surface area contributed by atoms with Crippen molar-refractivity contribution in [3.63, 3.8) is 0 Å². The molecule has 1 saturated heterocycles. The van der Waals surface area contributed by atoms with E-state index >= 15 is 0 Å². The summed E-state index contributed by atoms with van der Waals surface area (Å²) >= 11 is 0. The van der Waals surface area contributed by atoms with Gasteiger partial charge in [0.05, 0.1) is 24.8 Å². The maximum atomic E-state index is 13.8. The smallest absolute Gasteiger partial charge is 0.259 e. The predicted molar refractivity (Wildman–Crippen MR) is 124 cm³/mol. The van der Waals surface area contributed by atoms with Crippen molar-refractivity contribution in [1.82, 2.24) is 19.4 Å². The van der Waals surface area contributed by atoms with Crippen LogP contribution in [0.1, 0.15) is 28.4 Å². The van der Waals surface area contributed by atoms with Gasteiger partial charge in [-0.1, -0.05) is 30.3 Å². The van der Waals surface area contributed by atoms with Crippen LogP contribution in [0.3, 0.4) is 0 Å². The van der Waals surface area contributed by atoms with E-state index in [1.165, 1.54) is 0 Å². The van der Waals surface area contributed by atoms with Gasteiger partial charge in [0.2, 0.25) is 0 Å². The third-order valence-corrected chi connectivity index (χ3v) is 6.19. The number of aliphatic hydroxyl groups excluding tert-OH is 1. The molecule has 7 nitrogen and oxygen atoms in total. The number of rotatable bonds is 7. The van der Waals surface area contributed by atoms with Gasteiger partial charge in [0.15, 0.2) is 0 Å². The number of benzene rings is 1. The van der Waals surface area contributed by atoms with E-state index in [1.807, 2.05) is 49.4 Å². The average Bonchev–Trinajstić information content (AvgIpc) is 2.81. The molecule has 2 N–H and O–H groups in total. The largest absolute Gasteiger partial charge is 0.507 e. The highest BCUT2D eigenvalue weighted by atomic mass is 16.3. The number of pyridine rings is 2. The molecule has 0 aliphatic carbocycles. The molecule has 7 heteroatoms. The van der Waals surface area contributed by atoms with E-state index in [2.05, 4.69) is 14.8 Å². The zero-order chi connectivity index (χ0) is 22.5. The third-order valence-electron chi connectivity index (χ3n) is 6.19. The molecule has 3 aromatic rings. The second kappa shape index (κ2) is 10.1. The fourth-order valence-corrected chi connectivity index (χ4v) is 4.48. The zero-order valence-electron chi connectivity index (χ0n) is 18.4. The summed E-state index contributed by atoms with van der Waals surface area (Å²) in [5.41, 5.74) is 2.91. The number of piperazine rings is 1. The van der Waals surface area contributed by atoms with Gasteiger partial charge < -0.3 is 14.8 Å². The van der Waals surface area contributed by atoms with E-state index in [0.717, 1.165) is 43.0 Å². The van der Waals surface area contributed by atoms with Crippen LogP contribution in [0, 0.1) is 6.92 Å². The molecule has 0 unspecified atom stereocenters. The fourth-order valence-electron chi connectivity index (χ4n) is 4.48. The zero-order valence-corrected chi connectivity index (χ0v) is 18.4. The Kier molecular flexibility index (Phi) is 6.99. The molecule has 4 rings (SSSR count). The summed E-state index contributed by atoms with van der Waals surface area (Å²) in [6, 6.07) is 15.0. The lowest BCUT2D eigenvalue weighted by Gasteiger charge is -2.39. The summed E-state index contributed by atoms with van der Waals surface area (Å²) in [6.45, 7) is 6.15. The fraction of sp³-hybridized carbons (Fsp3) is 0.360. The molecule has 1 fully saturated rings. The highest BCUT2D eigenvalue weighted by Crippen LogP contribution is 2.33. The number of aromatic hydroxyl groups is 1. The van der Waals surface area contributed by atoms with Crippen molar-refractivity contribution in [2.75, 3.05) is 39.3 Å². The van der Waals surface area contributed by atoms with Crippen molar-refractivity contribution in [2.24, 2.45) is 0 Å². The number of aliphatic hydroxyl groups is 1. The standard InChI is InChI=1S/C25H30N4O3/c1-19-17-22(31)23(25(32)29(19)18-20-5-3-2-4-6-20)24(21-7-9-26-10-8-21)28-13-11-27(12-14-28)15-16-30/h2-10,17,24,30-31H,11-16,18H2,1H3/t24-/m0/s1. The quantitative estimate of drug-likeness (QED) is 0.592. The van der Waals surface area contributed by atoms with Gasteiger partial charge in [-0.25, -0.2) is 0 Å². The molecule has 2 aromatic heterocycles. The lowest BCUT2D eigenvalue weighted by molar-refractivity contribution is 0.0932. The average molecular weight is 435 g/mol. The molecule has 3 heterocycles. The number of hydrogen-bond acceptors (Lipinski definition) is 6. The van der Waals surface area contributed by atoms with E-state index in [1.54, 1.807) is 23.0 Å². The van der Waals surface area contributed by atoms with Crippen molar-refractivity contribution in [3.8, 4) is 5.75 Å². The molecule has 1 atom stereocenters. The predicted octanol–water partition coefficient (Wildman–Crippen LogP) is 2.00. The monoisotopic (exact) mass is 434 g/mol. The summed E-state index contributed by atoms with van der Waals surface area (Å²) in [5, 5.41) is 20.2. The van der Waals surface area contributed by atoms with Crippen LogP contribution in [-0.2, 0) is 6.54 Å². The Morgan fingerprint density at radius 1 is 1.03 bits per heavy atom. The minimum atomic E-state index is -0.371. The molecule has 0 radical (unpaired) electrons. The van der Waals surface area contributed by atoms with Gasteiger partial charge in [-0.3, -0.25) is 19.6 Å². The highest BCUT2D eigenvalue weighted by Gasteiger charge is 2.31. The molecule has 1 aromatic carbocycles. The van der Waals surface area contributed by atoms with Crippen LogP contribution in [0.25, 0.3) is 0 Å². The highest BCUT2D eigenvalue weighted by molar-refractivity contribution is 5.41. The van der Waals surface area contributed by atoms with Crippen LogP contribution in [0.2, 0.25) is 0 Å². The van der Waals surface area contributed by atoms with Crippen molar-refractivity contribution < 1.29 is 10.2 Å². The number of β-amino-alcohol motifs (C(OH)–C–C–N with tert-alkyl or cyclic N) is 1. The molecule has 1 aliphatic heterocycles. The molecule has 32 heavy (non-hydrogen) atoms. The Morgan fingerprint density at radius 2 is 1.72 bits per heavy atom. The van der Waals surface area contributed by atoms with Crippen molar-refractivity contribution in [2.45, 2.75) is 19.5 Å². The number of aromatic nitrogens is 2. The Labute approximate surface area is 188 Å². The summed E-state index contributed by atoms with van der Waals surface area (Å²) < 4.78 is 1.74. The maximum Gasteiger partial charge on any atom is 0.259 e. The number of nitrogens with zero attached hydrogens (tertiary/aromatic N) is 4. The molecule has 0 amide bonds.